The first-order valence-corrected chi connectivity index (χ1v) is 8.66. The van der Waals surface area contributed by atoms with Crippen molar-refractivity contribution in [3.05, 3.63) is 48.4 Å². The SMILES string of the molecule is O=C1C(=O)N(C2(CF)CC2)CCN1Cc1ccc(-c2ccccn2)cn1. The number of rotatable bonds is 5. The van der Waals surface area contributed by atoms with E-state index in [1.54, 1.807) is 12.4 Å². The smallest absolute Gasteiger partial charge is 0.312 e. The molecule has 1 aliphatic carbocycles. The Morgan fingerprint density at radius 1 is 1.04 bits per heavy atom. The molecule has 2 amide bonds. The second-order valence-electron chi connectivity index (χ2n) is 6.79. The number of pyridine rings is 2. The van der Waals surface area contributed by atoms with Gasteiger partial charge in [0.1, 0.15) is 6.67 Å². The number of hydrogen-bond donors (Lipinski definition) is 0. The van der Waals surface area contributed by atoms with Crippen LogP contribution in [-0.2, 0) is 16.1 Å². The molecule has 26 heavy (non-hydrogen) atoms. The van der Waals surface area contributed by atoms with Gasteiger partial charge >= 0.3 is 11.8 Å². The lowest BCUT2D eigenvalue weighted by atomic mass is 10.1. The van der Waals surface area contributed by atoms with Gasteiger partial charge in [0.15, 0.2) is 0 Å². The minimum atomic E-state index is -0.721. The van der Waals surface area contributed by atoms with Crippen LogP contribution < -0.4 is 0 Å². The molecule has 1 saturated carbocycles. The van der Waals surface area contributed by atoms with E-state index in [9.17, 15) is 14.0 Å². The molecule has 6 nitrogen and oxygen atoms in total. The zero-order valence-electron chi connectivity index (χ0n) is 14.3. The molecule has 0 bridgehead atoms. The first kappa shape index (κ1) is 16.6. The highest BCUT2D eigenvalue weighted by Crippen LogP contribution is 2.42. The molecule has 0 spiro atoms. The van der Waals surface area contributed by atoms with E-state index < -0.39 is 24.0 Å². The number of nitrogens with zero attached hydrogens (tertiary/aromatic N) is 4. The highest BCUT2D eigenvalue weighted by atomic mass is 19.1. The molecule has 2 aromatic rings. The lowest BCUT2D eigenvalue weighted by molar-refractivity contribution is -0.159. The third-order valence-corrected chi connectivity index (χ3v) is 5.10. The average molecular weight is 354 g/mol. The molecule has 4 rings (SSSR count). The number of amides is 2. The highest BCUT2D eigenvalue weighted by molar-refractivity contribution is 6.35. The predicted molar refractivity (Wildman–Crippen MR) is 92.5 cm³/mol. The van der Waals surface area contributed by atoms with Crippen molar-refractivity contribution in [2.24, 2.45) is 0 Å². The quantitative estimate of drug-likeness (QED) is 0.768. The van der Waals surface area contributed by atoms with E-state index in [2.05, 4.69) is 9.97 Å². The maximum Gasteiger partial charge on any atom is 0.312 e. The van der Waals surface area contributed by atoms with E-state index in [1.807, 2.05) is 30.3 Å². The van der Waals surface area contributed by atoms with Gasteiger partial charge in [0.2, 0.25) is 0 Å². The van der Waals surface area contributed by atoms with Gasteiger partial charge in [-0.2, -0.15) is 0 Å². The van der Waals surface area contributed by atoms with E-state index in [0.29, 0.717) is 31.6 Å². The summed E-state index contributed by atoms with van der Waals surface area (Å²) in [5, 5.41) is 0. The summed E-state index contributed by atoms with van der Waals surface area (Å²) >= 11 is 0. The van der Waals surface area contributed by atoms with Crippen molar-refractivity contribution in [2.75, 3.05) is 19.8 Å². The Balaban J connectivity index is 1.43. The van der Waals surface area contributed by atoms with Gasteiger partial charge in [-0.05, 0) is 37.1 Å². The van der Waals surface area contributed by atoms with Crippen molar-refractivity contribution >= 4 is 11.8 Å². The van der Waals surface area contributed by atoms with Crippen LogP contribution in [0.15, 0.2) is 42.7 Å². The fourth-order valence-electron chi connectivity index (χ4n) is 3.30. The van der Waals surface area contributed by atoms with E-state index in [0.717, 1.165) is 11.3 Å². The third kappa shape index (κ3) is 2.94. The Morgan fingerprint density at radius 2 is 1.88 bits per heavy atom. The Bertz CT molecular complexity index is 821. The molecule has 0 aromatic carbocycles. The Kier molecular flexibility index (Phi) is 4.14. The van der Waals surface area contributed by atoms with Gasteiger partial charge in [0, 0.05) is 31.0 Å². The van der Waals surface area contributed by atoms with Gasteiger partial charge in [-0.1, -0.05) is 6.07 Å². The van der Waals surface area contributed by atoms with Crippen LogP contribution in [0.2, 0.25) is 0 Å². The van der Waals surface area contributed by atoms with Crippen molar-refractivity contribution in [2.45, 2.75) is 24.9 Å². The molecule has 3 heterocycles. The van der Waals surface area contributed by atoms with Crippen molar-refractivity contribution in [1.82, 2.24) is 19.8 Å². The maximum absolute atomic E-state index is 13.2. The molecule has 2 aliphatic rings. The summed E-state index contributed by atoms with van der Waals surface area (Å²) in [6.07, 6.45) is 4.71. The van der Waals surface area contributed by atoms with Crippen molar-refractivity contribution in [3.8, 4) is 11.3 Å². The number of halogens is 1. The fraction of sp³-hybridized carbons (Fsp3) is 0.368. The molecule has 2 aromatic heterocycles. The first-order valence-electron chi connectivity index (χ1n) is 8.66. The third-order valence-electron chi connectivity index (χ3n) is 5.10. The molecule has 7 heteroatoms. The van der Waals surface area contributed by atoms with Crippen LogP contribution >= 0.6 is 0 Å². The van der Waals surface area contributed by atoms with E-state index in [-0.39, 0.29) is 6.54 Å². The monoisotopic (exact) mass is 354 g/mol. The summed E-state index contributed by atoms with van der Waals surface area (Å²) in [5.41, 5.74) is 1.69. The molecule has 2 fully saturated rings. The molecular weight excluding hydrogens is 335 g/mol. The minimum Gasteiger partial charge on any atom is -0.327 e. The molecule has 1 aliphatic heterocycles. The topological polar surface area (TPSA) is 66.4 Å². The lowest BCUT2D eigenvalue weighted by Gasteiger charge is -2.37. The van der Waals surface area contributed by atoms with Crippen molar-refractivity contribution < 1.29 is 14.0 Å². The Morgan fingerprint density at radius 3 is 2.50 bits per heavy atom. The van der Waals surface area contributed by atoms with Crippen LogP contribution in [0.25, 0.3) is 11.3 Å². The lowest BCUT2D eigenvalue weighted by Crippen LogP contribution is -2.58. The second-order valence-corrected chi connectivity index (χ2v) is 6.79. The maximum atomic E-state index is 13.2. The number of alkyl halides is 1. The Labute approximate surface area is 150 Å². The van der Waals surface area contributed by atoms with Gasteiger partial charge in [-0.25, -0.2) is 4.39 Å². The van der Waals surface area contributed by atoms with E-state index in [4.69, 9.17) is 0 Å². The number of hydrogen-bond acceptors (Lipinski definition) is 4. The molecular formula is C19H19FN4O2. The van der Waals surface area contributed by atoms with Gasteiger partial charge < -0.3 is 9.80 Å². The predicted octanol–water partition coefficient (Wildman–Crippen LogP) is 1.82. The second kappa shape index (κ2) is 6.48. The summed E-state index contributed by atoms with van der Waals surface area (Å²) in [5.74, 6) is -1.18. The minimum absolute atomic E-state index is 0.267. The van der Waals surface area contributed by atoms with Crippen LogP contribution in [0.1, 0.15) is 18.5 Å². The average Bonchev–Trinajstić information content (AvgIpc) is 3.48. The summed E-state index contributed by atoms with van der Waals surface area (Å²) in [6.45, 7) is 0.461. The van der Waals surface area contributed by atoms with Crippen LogP contribution in [0, 0.1) is 0 Å². The summed E-state index contributed by atoms with van der Waals surface area (Å²) in [4.78, 5) is 36.3. The molecule has 1 saturated heterocycles. The zero-order valence-corrected chi connectivity index (χ0v) is 14.3. The van der Waals surface area contributed by atoms with E-state index >= 15 is 0 Å². The van der Waals surface area contributed by atoms with Gasteiger partial charge in [0.25, 0.3) is 0 Å². The normalized spacial score (nSPS) is 19.0. The molecule has 0 radical (unpaired) electrons. The van der Waals surface area contributed by atoms with E-state index in [1.165, 1.54) is 9.80 Å². The molecule has 0 atom stereocenters. The van der Waals surface area contributed by atoms with Crippen molar-refractivity contribution in [1.29, 1.82) is 0 Å². The number of carbonyl (C=O) groups excluding carboxylic acids is 2. The van der Waals surface area contributed by atoms with Crippen LogP contribution in [0.5, 0.6) is 0 Å². The van der Waals surface area contributed by atoms with Crippen LogP contribution in [0.4, 0.5) is 4.39 Å². The fourth-order valence-corrected chi connectivity index (χ4v) is 3.30. The largest absolute Gasteiger partial charge is 0.327 e. The number of carbonyl (C=O) groups is 2. The van der Waals surface area contributed by atoms with Crippen molar-refractivity contribution in [3.63, 3.8) is 0 Å². The summed E-state index contributed by atoms with van der Waals surface area (Å²) in [7, 11) is 0. The summed E-state index contributed by atoms with van der Waals surface area (Å²) < 4.78 is 13.2. The molecule has 134 valence electrons. The Hall–Kier alpha value is -2.83. The standard InChI is InChI=1S/C19H19FN4O2/c20-13-19(6-7-19)24-10-9-23(17(25)18(24)26)12-15-5-4-14(11-22-15)16-3-1-2-8-21-16/h1-5,8,11H,6-7,9-10,12-13H2. The molecule has 0 unspecified atom stereocenters. The van der Waals surface area contributed by atoms with Crippen LogP contribution in [-0.4, -0.2) is 56.9 Å². The van der Waals surface area contributed by atoms with Gasteiger partial charge in [-0.15, -0.1) is 0 Å². The van der Waals surface area contributed by atoms with Gasteiger partial charge in [0.05, 0.1) is 23.5 Å². The number of aromatic nitrogens is 2. The highest BCUT2D eigenvalue weighted by Gasteiger charge is 2.53. The molecule has 0 N–H and O–H groups in total. The zero-order chi connectivity index (χ0) is 18.1. The van der Waals surface area contributed by atoms with Gasteiger partial charge in [-0.3, -0.25) is 19.6 Å². The van der Waals surface area contributed by atoms with Crippen LogP contribution in [0.3, 0.4) is 0 Å². The first-order chi connectivity index (χ1) is 12.6. The summed E-state index contributed by atoms with van der Waals surface area (Å²) in [6, 6.07) is 9.39. The number of piperazine rings is 1.